The maximum Gasteiger partial charge on any atom is 0.254 e. The first-order valence-corrected chi connectivity index (χ1v) is 11.2. The molecular weight excluding hydrogens is 433 g/mol. The van der Waals surface area contributed by atoms with Crippen molar-refractivity contribution in [2.24, 2.45) is 0 Å². The average Bonchev–Trinajstić information content (AvgIpc) is 2.85. The number of aromatic nitrogens is 1. The Kier molecular flexibility index (Phi) is 5.94. The molecule has 6 nitrogen and oxygen atoms in total. The summed E-state index contributed by atoms with van der Waals surface area (Å²) in [5, 5.41) is 3.42. The maximum absolute atomic E-state index is 13.9. The molecule has 7 heteroatoms. The minimum Gasteiger partial charge on any atom is -0.464 e. The van der Waals surface area contributed by atoms with Crippen molar-refractivity contribution in [3.05, 3.63) is 111 Å². The van der Waals surface area contributed by atoms with Crippen LogP contribution in [-0.2, 0) is 26.1 Å². The quantitative estimate of drug-likeness (QED) is 0.488. The Bertz CT molecular complexity index is 1450. The summed E-state index contributed by atoms with van der Waals surface area (Å²) in [5.41, 5.74) is 5.26. The van der Waals surface area contributed by atoms with Crippen LogP contribution in [0.2, 0.25) is 0 Å². The summed E-state index contributed by atoms with van der Waals surface area (Å²) in [4.78, 5) is 32.1. The number of para-hydroxylation sites is 1. The molecule has 172 valence electrons. The molecule has 2 aromatic heterocycles. The molecule has 5 rings (SSSR count). The summed E-state index contributed by atoms with van der Waals surface area (Å²) < 4.78 is 19.6. The van der Waals surface area contributed by atoms with E-state index >= 15 is 0 Å². The molecule has 0 aliphatic carbocycles. The van der Waals surface area contributed by atoms with Crippen molar-refractivity contribution in [1.29, 1.82) is 0 Å². The third kappa shape index (κ3) is 4.22. The lowest BCUT2D eigenvalue weighted by Gasteiger charge is -2.30. The first kappa shape index (κ1) is 22.0. The predicted molar refractivity (Wildman–Crippen MR) is 127 cm³/mol. The molecule has 0 spiro atoms. The number of carbonyl (C=O) groups excluding carboxylic acids is 1. The van der Waals surface area contributed by atoms with Crippen LogP contribution in [0.15, 0.2) is 70.2 Å². The third-order valence-electron chi connectivity index (χ3n) is 6.36. The van der Waals surface area contributed by atoms with Gasteiger partial charge in [-0.05, 0) is 54.3 Å². The van der Waals surface area contributed by atoms with E-state index in [2.05, 4.69) is 15.2 Å². The maximum atomic E-state index is 13.9. The molecule has 1 N–H and O–H groups in total. The van der Waals surface area contributed by atoms with Gasteiger partial charge in [0.1, 0.15) is 11.4 Å². The smallest absolute Gasteiger partial charge is 0.254 e. The Labute approximate surface area is 196 Å². The summed E-state index contributed by atoms with van der Waals surface area (Å²) in [7, 11) is 0. The summed E-state index contributed by atoms with van der Waals surface area (Å²) >= 11 is 0. The monoisotopic (exact) mass is 457 g/mol. The number of amides is 1. The molecular formula is C27H24FN3O3. The molecule has 3 heterocycles. The number of halogens is 1. The summed E-state index contributed by atoms with van der Waals surface area (Å²) in [6.45, 7) is 4.08. The topological polar surface area (TPSA) is 75.4 Å². The van der Waals surface area contributed by atoms with E-state index in [9.17, 15) is 14.0 Å². The fraction of sp³-hybridized carbons (Fsp3) is 0.222. The summed E-state index contributed by atoms with van der Waals surface area (Å²) in [5.74, 6) is -0.991. The Hall–Kier alpha value is -3.84. The lowest BCUT2D eigenvalue weighted by molar-refractivity contribution is 0.0946. The molecule has 0 atom stereocenters. The van der Waals surface area contributed by atoms with Gasteiger partial charge in [0, 0.05) is 43.6 Å². The van der Waals surface area contributed by atoms with Crippen molar-refractivity contribution in [2.75, 3.05) is 6.54 Å². The number of benzene rings is 2. The zero-order chi connectivity index (χ0) is 23.7. The van der Waals surface area contributed by atoms with E-state index in [1.54, 1.807) is 30.5 Å². The van der Waals surface area contributed by atoms with Crippen LogP contribution in [-0.4, -0.2) is 22.3 Å². The number of aryl methyl sites for hydroxylation is 1. The zero-order valence-electron chi connectivity index (χ0n) is 18.8. The van der Waals surface area contributed by atoms with Crippen LogP contribution in [0.5, 0.6) is 0 Å². The second-order valence-corrected chi connectivity index (χ2v) is 8.54. The average molecular weight is 458 g/mol. The van der Waals surface area contributed by atoms with Crippen LogP contribution in [0.25, 0.3) is 11.0 Å². The first-order chi connectivity index (χ1) is 16.5. The molecule has 0 saturated carbocycles. The number of nitrogens with zero attached hydrogens (tertiary/aromatic N) is 2. The second kappa shape index (κ2) is 9.19. The Morgan fingerprint density at radius 3 is 2.82 bits per heavy atom. The summed E-state index contributed by atoms with van der Waals surface area (Å²) in [6.07, 6.45) is 4.18. The Morgan fingerprint density at radius 1 is 1.18 bits per heavy atom. The molecule has 34 heavy (non-hydrogen) atoms. The van der Waals surface area contributed by atoms with Crippen molar-refractivity contribution in [2.45, 2.75) is 33.0 Å². The molecule has 1 aliphatic heterocycles. The number of hydrogen-bond donors (Lipinski definition) is 1. The standard InChI is InChI=1S/C27H24FN3O3/c1-17-23(13-30-27(33)21-6-2-4-8-24(21)28)20-10-11-31(14-18(20)12-29-17)15-19-16-34-25-9-5-3-7-22(25)26(19)32/h2-9,12,16H,10-11,13-15H2,1H3,(H,30,33). The van der Waals surface area contributed by atoms with Gasteiger partial charge in [0.15, 0.2) is 5.43 Å². The normalized spacial score (nSPS) is 13.6. The molecule has 0 bridgehead atoms. The van der Waals surface area contributed by atoms with Crippen LogP contribution in [0, 0.1) is 12.7 Å². The summed E-state index contributed by atoms with van der Waals surface area (Å²) in [6, 6.07) is 13.2. The van der Waals surface area contributed by atoms with Gasteiger partial charge in [0.05, 0.1) is 17.2 Å². The van der Waals surface area contributed by atoms with Gasteiger partial charge in [-0.3, -0.25) is 19.5 Å². The van der Waals surface area contributed by atoms with Gasteiger partial charge in [-0.15, -0.1) is 0 Å². The van der Waals surface area contributed by atoms with Crippen molar-refractivity contribution in [3.63, 3.8) is 0 Å². The highest BCUT2D eigenvalue weighted by Crippen LogP contribution is 2.25. The van der Waals surface area contributed by atoms with Crippen molar-refractivity contribution < 1.29 is 13.6 Å². The van der Waals surface area contributed by atoms with E-state index in [1.807, 2.05) is 25.3 Å². The lowest BCUT2D eigenvalue weighted by atomic mass is 9.94. The third-order valence-corrected chi connectivity index (χ3v) is 6.36. The lowest BCUT2D eigenvalue weighted by Crippen LogP contribution is -2.33. The fourth-order valence-electron chi connectivity index (χ4n) is 4.53. The van der Waals surface area contributed by atoms with Gasteiger partial charge in [-0.2, -0.15) is 0 Å². The van der Waals surface area contributed by atoms with Crippen LogP contribution >= 0.6 is 0 Å². The number of nitrogens with one attached hydrogen (secondary N) is 1. The van der Waals surface area contributed by atoms with Gasteiger partial charge in [-0.25, -0.2) is 4.39 Å². The van der Waals surface area contributed by atoms with Crippen LogP contribution in [0.4, 0.5) is 4.39 Å². The number of hydrogen-bond acceptors (Lipinski definition) is 5. The van der Waals surface area contributed by atoms with E-state index in [1.165, 1.54) is 12.1 Å². The van der Waals surface area contributed by atoms with Crippen LogP contribution in [0.1, 0.15) is 38.3 Å². The Morgan fingerprint density at radius 2 is 1.97 bits per heavy atom. The largest absolute Gasteiger partial charge is 0.464 e. The first-order valence-electron chi connectivity index (χ1n) is 11.2. The molecule has 0 unspecified atom stereocenters. The molecule has 1 amide bonds. The van der Waals surface area contributed by atoms with Crippen molar-refractivity contribution in [1.82, 2.24) is 15.2 Å². The van der Waals surface area contributed by atoms with Crippen molar-refractivity contribution >= 4 is 16.9 Å². The predicted octanol–water partition coefficient (Wildman–Crippen LogP) is 4.12. The molecule has 0 fully saturated rings. The second-order valence-electron chi connectivity index (χ2n) is 8.54. The van der Waals surface area contributed by atoms with Gasteiger partial charge in [-0.1, -0.05) is 24.3 Å². The van der Waals surface area contributed by atoms with E-state index < -0.39 is 11.7 Å². The van der Waals surface area contributed by atoms with Crippen molar-refractivity contribution in [3.8, 4) is 0 Å². The van der Waals surface area contributed by atoms with Gasteiger partial charge in [0.2, 0.25) is 0 Å². The molecule has 0 radical (unpaired) electrons. The Balaban J connectivity index is 1.33. The highest BCUT2D eigenvalue weighted by atomic mass is 19.1. The minimum atomic E-state index is -0.543. The molecule has 1 aliphatic rings. The van der Waals surface area contributed by atoms with E-state index in [-0.39, 0.29) is 17.5 Å². The van der Waals surface area contributed by atoms with Gasteiger partial charge in [0.25, 0.3) is 5.91 Å². The van der Waals surface area contributed by atoms with Crippen LogP contribution < -0.4 is 10.7 Å². The number of pyridine rings is 1. The highest BCUT2D eigenvalue weighted by Gasteiger charge is 2.22. The minimum absolute atomic E-state index is 0.00813. The number of fused-ring (bicyclic) bond motifs is 2. The molecule has 2 aromatic carbocycles. The van der Waals surface area contributed by atoms with Gasteiger partial charge >= 0.3 is 0 Å². The van der Waals surface area contributed by atoms with Crippen LogP contribution in [0.3, 0.4) is 0 Å². The van der Waals surface area contributed by atoms with E-state index in [0.29, 0.717) is 29.6 Å². The molecule has 4 aromatic rings. The molecule has 0 saturated heterocycles. The SMILES string of the molecule is Cc1ncc2c(c1CNC(=O)c1ccccc1F)CCN(Cc1coc3ccccc3c1=O)C2. The van der Waals surface area contributed by atoms with E-state index in [0.717, 1.165) is 35.3 Å². The highest BCUT2D eigenvalue weighted by molar-refractivity contribution is 5.94. The van der Waals surface area contributed by atoms with Gasteiger partial charge < -0.3 is 9.73 Å². The van der Waals surface area contributed by atoms with E-state index in [4.69, 9.17) is 4.42 Å². The fourth-order valence-corrected chi connectivity index (χ4v) is 4.53. The number of carbonyl (C=O) groups is 1. The zero-order valence-corrected chi connectivity index (χ0v) is 18.8. The number of rotatable bonds is 5.